The van der Waals surface area contributed by atoms with Crippen molar-refractivity contribution in [1.82, 2.24) is 15.1 Å². The number of nitrogens with zero attached hydrogens (tertiary/aromatic N) is 2. The van der Waals surface area contributed by atoms with Gasteiger partial charge in [0, 0.05) is 6.04 Å². The molecule has 2 N–H and O–H groups in total. The van der Waals surface area contributed by atoms with E-state index in [1.165, 1.54) is 4.90 Å². The quantitative estimate of drug-likeness (QED) is 0.655. The van der Waals surface area contributed by atoms with Crippen LogP contribution in [0.2, 0.25) is 0 Å². The van der Waals surface area contributed by atoms with Gasteiger partial charge in [-0.2, -0.15) is 0 Å². The molecule has 2 aliphatic rings. The number of carboxylic acids is 1. The van der Waals surface area contributed by atoms with Gasteiger partial charge in [-0.3, -0.25) is 19.3 Å². The molecule has 0 radical (unpaired) electrons. The van der Waals surface area contributed by atoms with Gasteiger partial charge in [0.2, 0.25) is 5.91 Å². The van der Waals surface area contributed by atoms with Crippen LogP contribution in [0.5, 0.6) is 0 Å². The molecule has 0 bridgehead atoms. The van der Waals surface area contributed by atoms with Gasteiger partial charge in [-0.1, -0.05) is 12.8 Å². The third-order valence-electron chi connectivity index (χ3n) is 3.62. The Bertz CT molecular complexity index is 428. The molecule has 2 fully saturated rings. The fraction of sp³-hybridized carbons (Fsp3) is 0.667. The zero-order valence-electron chi connectivity index (χ0n) is 11.0. The molecule has 0 aromatic heterocycles. The standard InChI is InChI=1S/C12H17N3O5/c16-9-5-13-12(20)15(9)6-10(17)14(7-11(18)19)8-3-1-2-4-8/h8H,1-7H2,(H,13,20)(H,18,19). The summed E-state index contributed by atoms with van der Waals surface area (Å²) in [5, 5.41) is 11.2. The first-order chi connectivity index (χ1) is 9.49. The van der Waals surface area contributed by atoms with Crippen LogP contribution in [-0.4, -0.2) is 64.4 Å². The molecule has 0 spiro atoms. The molecular formula is C12H17N3O5. The average molecular weight is 283 g/mol. The molecule has 0 unspecified atom stereocenters. The van der Waals surface area contributed by atoms with Crippen LogP contribution in [0.4, 0.5) is 4.79 Å². The highest BCUT2D eigenvalue weighted by Gasteiger charge is 2.34. The lowest BCUT2D eigenvalue weighted by Crippen LogP contribution is -2.48. The van der Waals surface area contributed by atoms with E-state index in [0.29, 0.717) is 0 Å². The van der Waals surface area contributed by atoms with Crippen LogP contribution in [0.3, 0.4) is 0 Å². The number of hydrogen-bond donors (Lipinski definition) is 2. The van der Waals surface area contributed by atoms with Crippen molar-refractivity contribution < 1.29 is 24.3 Å². The molecule has 8 nitrogen and oxygen atoms in total. The lowest BCUT2D eigenvalue weighted by Gasteiger charge is -2.28. The SMILES string of the molecule is O=C(O)CN(C(=O)CN1C(=O)CNC1=O)C1CCCC1. The first-order valence-electron chi connectivity index (χ1n) is 6.58. The van der Waals surface area contributed by atoms with E-state index in [9.17, 15) is 19.2 Å². The van der Waals surface area contributed by atoms with Crippen molar-refractivity contribution in [2.75, 3.05) is 19.6 Å². The molecule has 110 valence electrons. The van der Waals surface area contributed by atoms with Crippen molar-refractivity contribution in [3.05, 3.63) is 0 Å². The van der Waals surface area contributed by atoms with Gasteiger partial charge in [-0.05, 0) is 12.8 Å². The van der Waals surface area contributed by atoms with Crippen molar-refractivity contribution >= 4 is 23.8 Å². The number of urea groups is 1. The minimum absolute atomic E-state index is 0.112. The largest absolute Gasteiger partial charge is 0.480 e. The minimum atomic E-state index is -1.09. The highest BCUT2D eigenvalue weighted by atomic mass is 16.4. The number of nitrogens with one attached hydrogen (secondary N) is 1. The van der Waals surface area contributed by atoms with E-state index in [1.54, 1.807) is 0 Å². The molecule has 0 atom stereocenters. The Morgan fingerprint density at radius 3 is 2.45 bits per heavy atom. The minimum Gasteiger partial charge on any atom is -0.480 e. The Morgan fingerprint density at radius 1 is 1.30 bits per heavy atom. The second-order valence-corrected chi connectivity index (χ2v) is 4.99. The van der Waals surface area contributed by atoms with E-state index < -0.39 is 36.9 Å². The Morgan fingerprint density at radius 2 is 1.95 bits per heavy atom. The maximum absolute atomic E-state index is 12.2. The summed E-state index contributed by atoms with van der Waals surface area (Å²) in [6.45, 7) is -0.907. The number of imide groups is 1. The van der Waals surface area contributed by atoms with Crippen LogP contribution >= 0.6 is 0 Å². The maximum atomic E-state index is 12.2. The topological polar surface area (TPSA) is 107 Å². The number of rotatable bonds is 5. The molecule has 1 saturated heterocycles. The van der Waals surface area contributed by atoms with Gasteiger partial charge >= 0.3 is 12.0 Å². The molecule has 20 heavy (non-hydrogen) atoms. The van der Waals surface area contributed by atoms with E-state index in [0.717, 1.165) is 30.6 Å². The molecule has 1 saturated carbocycles. The highest BCUT2D eigenvalue weighted by Crippen LogP contribution is 2.23. The Labute approximate surface area is 115 Å². The van der Waals surface area contributed by atoms with Crippen molar-refractivity contribution in [3.8, 4) is 0 Å². The molecule has 0 aromatic carbocycles. The number of amides is 4. The number of carboxylic acid groups (broad SMARTS) is 1. The fourth-order valence-electron chi connectivity index (χ4n) is 2.62. The number of aliphatic carboxylic acids is 1. The molecule has 2 rings (SSSR count). The van der Waals surface area contributed by atoms with Gasteiger partial charge in [0.05, 0.1) is 6.54 Å². The lowest BCUT2D eigenvalue weighted by molar-refractivity contribution is -0.147. The van der Waals surface area contributed by atoms with Gasteiger partial charge in [-0.25, -0.2) is 4.79 Å². The molecule has 1 heterocycles. The first kappa shape index (κ1) is 14.3. The monoisotopic (exact) mass is 283 g/mol. The molecule has 1 aliphatic heterocycles. The summed E-state index contributed by atoms with van der Waals surface area (Å²) in [5.41, 5.74) is 0. The summed E-state index contributed by atoms with van der Waals surface area (Å²) in [6, 6.07) is -0.718. The van der Waals surface area contributed by atoms with Crippen molar-refractivity contribution in [2.45, 2.75) is 31.7 Å². The highest BCUT2D eigenvalue weighted by molar-refractivity contribution is 6.04. The van der Waals surface area contributed by atoms with Gasteiger partial charge in [0.1, 0.15) is 13.1 Å². The predicted octanol–water partition coefficient (Wildman–Crippen LogP) is -0.606. The second-order valence-electron chi connectivity index (χ2n) is 4.99. The second kappa shape index (κ2) is 5.89. The number of carbonyl (C=O) groups excluding carboxylic acids is 3. The van der Waals surface area contributed by atoms with E-state index in [4.69, 9.17) is 5.11 Å². The van der Waals surface area contributed by atoms with E-state index in [2.05, 4.69) is 5.32 Å². The smallest absolute Gasteiger partial charge is 0.325 e. The molecular weight excluding hydrogens is 266 g/mol. The summed E-state index contributed by atoms with van der Waals surface area (Å²) in [4.78, 5) is 48.0. The Balaban J connectivity index is 2.03. The molecule has 0 aromatic rings. The maximum Gasteiger partial charge on any atom is 0.325 e. The number of carbonyl (C=O) groups is 4. The molecule has 1 aliphatic carbocycles. The third-order valence-corrected chi connectivity index (χ3v) is 3.62. The van der Waals surface area contributed by atoms with Gasteiger partial charge < -0.3 is 15.3 Å². The van der Waals surface area contributed by atoms with Crippen LogP contribution in [0.15, 0.2) is 0 Å². The van der Waals surface area contributed by atoms with Crippen LogP contribution in [0.25, 0.3) is 0 Å². The molecule has 8 heteroatoms. The Kier molecular flexibility index (Phi) is 4.21. The van der Waals surface area contributed by atoms with E-state index in [1.807, 2.05) is 0 Å². The third kappa shape index (κ3) is 3.06. The number of hydrogen-bond acceptors (Lipinski definition) is 4. The predicted molar refractivity (Wildman–Crippen MR) is 66.7 cm³/mol. The van der Waals surface area contributed by atoms with Crippen LogP contribution in [-0.2, 0) is 14.4 Å². The van der Waals surface area contributed by atoms with E-state index >= 15 is 0 Å². The summed E-state index contributed by atoms with van der Waals surface area (Å²) < 4.78 is 0. The lowest BCUT2D eigenvalue weighted by atomic mass is 10.2. The zero-order chi connectivity index (χ0) is 14.7. The zero-order valence-corrected chi connectivity index (χ0v) is 11.0. The first-order valence-corrected chi connectivity index (χ1v) is 6.58. The van der Waals surface area contributed by atoms with Crippen molar-refractivity contribution in [2.24, 2.45) is 0 Å². The van der Waals surface area contributed by atoms with Crippen LogP contribution in [0, 0.1) is 0 Å². The summed E-state index contributed by atoms with van der Waals surface area (Å²) in [5.74, 6) is -2.06. The van der Waals surface area contributed by atoms with Gasteiger partial charge in [0.15, 0.2) is 0 Å². The van der Waals surface area contributed by atoms with Crippen molar-refractivity contribution in [3.63, 3.8) is 0 Å². The van der Waals surface area contributed by atoms with E-state index in [-0.39, 0.29) is 12.6 Å². The van der Waals surface area contributed by atoms with Gasteiger partial charge in [-0.15, -0.1) is 0 Å². The van der Waals surface area contributed by atoms with Crippen molar-refractivity contribution in [1.29, 1.82) is 0 Å². The normalized spacial score (nSPS) is 19.3. The fourth-order valence-corrected chi connectivity index (χ4v) is 2.62. The average Bonchev–Trinajstić information content (AvgIpc) is 3.01. The van der Waals surface area contributed by atoms with Gasteiger partial charge in [0.25, 0.3) is 5.91 Å². The summed E-state index contributed by atoms with van der Waals surface area (Å²) in [7, 11) is 0. The van der Waals surface area contributed by atoms with Crippen LogP contribution in [0.1, 0.15) is 25.7 Å². The van der Waals surface area contributed by atoms with Crippen LogP contribution < -0.4 is 5.32 Å². The summed E-state index contributed by atoms with van der Waals surface area (Å²) in [6.07, 6.45) is 3.44. The molecule has 4 amide bonds. The Hall–Kier alpha value is -2.12. The summed E-state index contributed by atoms with van der Waals surface area (Å²) >= 11 is 0.